The van der Waals surface area contributed by atoms with E-state index in [0.29, 0.717) is 6.54 Å². The Morgan fingerprint density at radius 3 is 2.00 bits per heavy atom. The summed E-state index contributed by atoms with van der Waals surface area (Å²) in [6.45, 7) is 10.1. The Balaban J connectivity index is 3.20. The van der Waals surface area contributed by atoms with Gasteiger partial charge in [0, 0.05) is 6.54 Å². The summed E-state index contributed by atoms with van der Waals surface area (Å²) >= 11 is 0. The molecule has 0 unspecified atom stereocenters. The number of alkyl carbamates (subject to hydrolysis) is 1. The average Bonchev–Trinajstić information content (AvgIpc) is 2.34. The second kappa shape index (κ2) is 11.8. The van der Waals surface area contributed by atoms with E-state index < -0.39 is 5.60 Å². The molecule has 0 spiro atoms. The van der Waals surface area contributed by atoms with Gasteiger partial charge >= 0.3 is 6.09 Å². The lowest BCUT2D eigenvalue weighted by Gasteiger charge is -2.19. The van der Waals surface area contributed by atoms with E-state index in [1.54, 1.807) is 0 Å². The number of hydrogen-bond acceptors (Lipinski definition) is 2. The number of allylic oxidation sites excluding steroid dienone is 1. The van der Waals surface area contributed by atoms with Crippen molar-refractivity contribution in [2.45, 2.75) is 84.2 Å². The highest BCUT2D eigenvalue weighted by atomic mass is 16.6. The van der Waals surface area contributed by atoms with E-state index in [9.17, 15) is 4.79 Å². The fraction of sp³-hybridized carbons (Fsp3) is 0.824. The third-order valence-corrected chi connectivity index (χ3v) is 3.00. The fourth-order valence-electron chi connectivity index (χ4n) is 1.98. The lowest BCUT2D eigenvalue weighted by atomic mass is 10.1. The molecule has 3 nitrogen and oxygen atoms in total. The van der Waals surface area contributed by atoms with E-state index >= 15 is 0 Å². The number of carbonyl (C=O) groups is 1. The van der Waals surface area contributed by atoms with Gasteiger partial charge in [0.15, 0.2) is 0 Å². The number of nitrogens with one attached hydrogen (secondary N) is 1. The molecule has 0 aliphatic rings. The van der Waals surface area contributed by atoms with Gasteiger partial charge in [-0.1, -0.05) is 44.6 Å². The highest BCUT2D eigenvalue weighted by Gasteiger charge is 2.15. The number of rotatable bonds is 11. The molecule has 118 valence electrons. The normalized spacial score (nSPS) is 11.2. The minimum absolute atomic E-state index is 0.306. The summed E-state index contributed by atoms with van der Waals surface area (Å²) in [6.07, 6.45) is 12.9. The lowest BCUT2D eigenvalue weighted by Crippen LogP contribution is -2.32. The highest BCUT2D eigenvalue weighted by Crippen LogP contribution is 2.10. The molecule has 0 aromatic rings. The standard InChI is InChI=1S/C17H33NO2/c1-5-6-7-8-9-10-11-12-13-14-15-18-16(19)20-17(2,3)4/h5H,1,6-15H2,2-4H3,(H,18,19). The van der Waals surface area contributed by atoms with Gasteiger partial charge in [0.25, 0.3) is 0 Å². The topological polar surface area (TPSA) is 38.3 Å². The van der Waals surface area contributed by atoms with Crippen LogP contribution in [-0.2, 0) is 4.74 Å². The summed E-state index contributed by atoms with van der Waals surface area (Å²) in [5, 5.41) is 2.79. The lowest BCUT2D eigenvalue weighted by molar-refractivity contribution is 0.0527. The van der Waals surface area contributed by atoms with Gasteiger partial charge in [0.2, 0.25) is 0 Å². The molecule has 1 amide bonds. The van der Waals surface area contributed by atoms with Crippen LogP contribution >= 0.6 is 0 Å². The summed E-state index contributed by atoms with van der Waals surface area (Å²) in [6, 6.07) is 0. The van der Waals surface area contributed by atoms with Gasteiger partial charge in [0.05, 0.1) is 0 Å². The highest BCUT2D eigenvalue weighted by molar-refractivity contribution is 5.67. The van der Waals surface area contributed by atoms with Crippen LogP contribution in [0.15, 0.2) is 12.7 Å². The predicted molar refractivity (Wildman–Crippen MR) is 86.0 cm³/mol. The van der Waals surface area contributed by atoms with Crippen LogP contribution in [0.2, 0.25) is 0 Å². The van der Waals surface area contributed by atoms with E-state index in [1.807, 2.05) is 26.8 Å². The Labute approximate surface area is 125 Å². The molecule has 0 bridgehead atoms. The van der Waals surface area contributed by atoms with Gasteiger partial charge in [0.1, 0.15) is 5.60 Å². The first kappa shape index (κ1) is 19.0. The van der Waals surface area contributed by atoms with Gasteiger partial charge in [-0.2, -0.15) is 0 Å². The first-order valence-corrected chi connectivity index (χ1v) is 8.03. The summed E-state index contributed by atoms with van der Waals surface area (Å²) in [5.41, 5.74) is -0.407. The smallest absolute Gasteiger partial charge is 0.407 e. The fourth-order valence-corrected chi connectivity index (χ4v) is 1.98. The Hall–Kier alpha value is -0.990. The van der Waals surface area contributed by atoms with E-state index in [0.717, 1.165) is 12.8 Å². The van der Waals surface area contributed by atoms with Crippen LogP contribution in [0, 0.1) is 0 Å². The molecule has 0 rings (SSSR count). The average molecular weight is 283 g/mol. The molecule has 0 heterocycles. The first-order chi connectivity index (χ1) is 9.45. The summed E-state index contributed by atoms with van der Waals surface area (Å²) in [5.74, 6) is 0. The van der Waals surface area contributed by atoms with Crippen molar-refractivity contribution in [3.05, 3.63) is 12.7 Å². The van der Waals surface area contributed by atoms with Crippen molar-refractivity contribution in [1.29, 1.82) is 0 Å². The van der Waals surface area contributed by atoms with E-state index in [-0.39, 0.29) is 6.09 Å². The van der Waals surface area contributed by atoms with Crippen LogP contribution < -0.4 is 5.32 Å². The Morgan fingerprint density at radius 1 is 1.00 bits per heavy atom. The van der Waals surface area contributed by atoms with Crippen LogP contribution in [0.3, 0.4) is 0 Å². The molecular weight excluding hydrogens is 250 g/mol. The van der Waals surface area contributed by atoms with Gasteiger partial charge < -0.3 is 10.1 Å². The zero-order chi connectivity index (χ0) is 15.3. The van der Waals surface area contributed by atoms with Gasteiger partial charge in [-0.05, 0) is 40.0 Å². The molecule has 20 heavy (non-hydrogen) atoms. The maximum Gasteiger partial charge on any atom is 0.407 e. The second-order valence-electron chi connectivity index (χ2n) is 6.33. The maximum atomic E-state index is 11.4. The molecule has 0 aliphatic carbocycles. The van der Waals surface area contributed by atoms with Crippen LogP contribution in [0.4, 0.5) is 4.79 Å². The minimum Gasteiger partial charge on any atom is -0.444 e. The van der Waals surface area contributed by atoms with Crippen LogP contribution in [0.5, 0.6) is 0 Å². The summed E-state index contributed by atoms with van der Waals surface area (Å²) < 4.78 is 5.17. The quantitative estimate of drug-likeness (QED) is 0.417. The van der Waals surface area contributed by atoms with Crippen molar-refractivity contribution in [2.75, 3.05) is 6.54 Å². The molecule has 0 aromatic heterocycles. The largest absolute Gasteiger partial charge is 0.444 e. The van der Waals surface area contributed by atoms with Crippen molar-refractivity contribution in [1.82, 2.24) is 5.32 Å². The monoisotopic (exact) mass is 283 g/mol. The molecule has 0 aliphatic heterocycles. The Morgan fingerprint density at radius 2 is 1.50 bits per heavy atom. The van der Waals surface area contributed by atoms with E-state index in [1.165, 1.54) is 44.9 Å². The van der Waals surface area contributed by atoms with Gasteiger partial charge in [-0.25, -0.2) is 4.79 Å². The second-order valence-corrected chi connectivity index (χ2v) is 6.33. The summed E-state index contributed by atoms with van der Waals surface area (Å²) in [4.78, 5) is 11.4. The van der Waals surface area contributed by atoms with Gasteiger partial charge in [-0.15, -0.1) is 6.58 Å². The molecular formula is C17H33NO2. The van der Waals surface area contributed by atoms with Crippen molar-refractivity contribution in [3.8, 4) is 0 Å². The SMILES string of the molecule is C=CCCCCCCCCCCNC(=O)OC(C)(C)C. The molecule has 3 heteroatoms. The molecule has 0 fully saturated rings. The maximum absolute atomic E-state index is 11.4. The summed E-state index contributed by atoms with van der Waals surface area (Å²) in [7, 11) is 0. The predicted octanol–water partition coefficient (Wildman–Crippen LogP) is 5.21. The molecule has 0 aromatic carbocycles. The van der Waals surface area contributed by atoms with E-state index in [2.05, 4.69) is 11.9 Å². The molecule has 0 radical (unpaired) electrons. The zero-order valence-electron chi connectivity index (χ0n) is 13.7. The number of hydrogen-bond donors (Lipinski definition) is 1. The number of ether oxygens (including phenoxy) is 1. The molecule has 1 N–H and O–H groups in total. The third-order valence-electron chi connectivity index (χ3n) is 3.00. The molecule has 0 saturated carbocycles. The number of amides is 1. The van der Waals surface area contributed by atoms with Crippen LogP contribution in [-0.4, -0.2) is 18.2 Å². The first-order valence-electron chi connectivity index (χ1n) is 8.03. The Bertz CT molecular complexity index is 256. The Kier molecular flexibility index (Phi) is 11.2. The number of unbranched alkanes of at least 4 members (excludes halogenated alkanes) is 8. The zero-order valence-corrected chi connectivity index (χ0v) is 13.7. The number of carbonyl (C=O) groups excluding carboxylic acids is 1. The molecule has 0 saturated heterocycles. The van der Waals surface area contributed by atoms with Crippen molar-refractivity contribution in [3.63, 3.8) is 0 Å². The minimum atomic E-state index is -0.407. The van der Waals surface area contributed by atoms with Crippen molar-refractivity contribution < 1.29 is 9.53 Å². The van der Waals surface area contributed by atoms with E-state index in [4.69, 9.17) is 4.74 Å². The third kappa shape index (κ3) is 15.1. The van der Waals surface area contributed by atoms with Gasteiger partial charge in [-0.3, -0.25) is 0 Å². The van der Waals surface area contributed by atoms with Crippen molar-refractivity contribution >= 4 is 6.09 Å². The van der Waals surface area contributed by atoms with Crippen LogP contribution in [0.25, 0.3) is 0 Å². The van der Waals surface area contributed by atoms with Crippen LogP contribution in [0.1, 0.15) is 78.6 Å². The molecule has 0 atom stereocenters. The van der Waals surface area contributed by atoms with Crippen molar-refractivity contribution in [2.24, 2.45) is 0 Å².